The van der Waals surface area contributed by atoms with Crippen LogP contribution in [0.2, 0.25) is 5.02 Å². The molecule has 232 valence electrons. The van der Waals surface area contributed by atoms with E-state index in [9.17, 15) is 18.0 Å². The minimum atomic E-state index is -4.02. The number of amides is 1. The largest absolute Gasteiger partial charge is 0.355 e. The van der Waals surface area contributed by atoms with E-state index in [-0.39, 0.29) is 58.7 Å². The molecule has 0 unspecified atom stereocenters. The van der Waals surface area contributed by atoms with Gasteiger partial charge in [0.2, 0.25) is 12.5 Å². The van der Waals surface area contributed by atoms with Crippen LogP contribution in [0, 0.1) is 25.1 Å². The molecule has 0 N–H and O–H groups in total. The highest BCUT2D eigenvalue weighted by atomic mass is 35.5. The summed E-state index contributed by atoms with van der Waals surface area (Å²) in [5.41, 5.74) is -1.97. The minimum Gasteiger partial charge on any atom is -0.339 e. The van der Waals surface area contributed by atoms with Crippen LogP contribution in [-0.2, 0) is 14.6 Å². The summed E-state index contributed by atoms with van der Waals surface area (Å²) in [5, 5.41) is -0.628. The molecule has 11 nitrogen and oxygen atoms in total. The highest BCUT2D eigenvalue weighted by molar-refractivity contribution is 7.90. The van der Waals surface area contributed by atoms with E-state index in [0.29, 0.717) is 5.56 Å². The molecule has 0 radical (unpaired) electrons. The van der Waals surface area contributed by atoms with Crippen molar-refractivity contribution in [1.82, 2.24) is 24.4 Å². The minimum absolute atomic E-state index is 0.0312. The van der Waals surface area contributed by atoms with Gasteiger partial charge in [-0.1, -0.05) is 24.2 Å². The van der Waals surface area contributed by atoms with Crippen molar-refractivity contribution in [3.63, 3.8) is 0 Å². The number of halogens is 3. The number of aromatic nitrogens is 4. The summed E-state index contributed by atoms with van der Waals surface area (Å²) >= 11 is 6.27. The standard InChI is InChI=1S/C30H26ClF2N7O4S/c1-6-23(41)38-14-17(3)39(18(15-38)13-34-4)28-19-12-22(33)25(24-20(31)8-7-9-21(24)32)36-27(19)40(30(42)37-28)26-16(2)10-11-35-29(26)45(5,43)44/h6-12,17-18H,1,13-15H2,2-3,5H3/t17-,18-/m0/s1. The summed E-state index contributed by atoms with van der Waals surface area (Å²) in [7, 11) is -4.02. The van der Waals surface area contributed by atoms with Crippen LogP contribution in [0.25, 0.3) is 32.8 Å². The van der Waals surface area contributed by atoms with E-state index in [1.54, 1.807) is 18.7 Å². The second-order valence-electron chi connectivity index (χ2n) is 10.6. The highest BCUT2D eigenvalue weighted by Crippen LogP contribution is 2.37. The zero-order chi connectivity index (χ0) is 32.8. The lowest BCUT2D eigenvalue weighted by Crippen LogP contribution is -2.60. The van der Waals surface area contributed by atoms with Gasteiger partial charge >= 0.3 is 5.69 Å². The predicted molar refractivity (Wildman–Crippen MR) is 165 cm³/mol. The molecular formula is C30H26ClF2N7O4S. The van der Waals surface area contributed by atoms with Gasteiger partial charge in [-0.15, -0.1) is 0 Å². The van der Waals surface area contributed by atoms with Crippen LogP contribution < -0.4 is 10.6 Å². The number of sulfone groups is 1. The Kier molecular flexibility index (Phi) is 8.43. The fraction of sp³-hybridized carbons (Fsp3) is 0.267. The van der Waals surface area contributed by atoms with Crippen molar-refractivity contribution in [3.8, 4) is 16.9 Å². The van der Waals surface area contributed by atoms with Gasteiger partial charge in [0.05, 0.1) is 21.7 Å². The van der Waals surface area contributed by atoms with Gasteiger partial charge in [0, 0.05) is 31.6 Å². The van der Waals surface area contributed by atoms with E-state index in [4.69, 9.17) is 18.2 Å². The van der Waals surface area contributed by atoms with Crippen LogP contribution in [0.1, 0.15) is 12.5 Å². The van der Waals surface area contributed by atoms with Crippen molar-refractivity contribution in [2.75, 3.05) is 30.8 Å². The van der Waals surface area contributed by atoms with Crippen molar-refractivity contribution < 1.29 is 22.0 Å². The molecule has 15 heteroatoms. The van der Waals surface area contributed by atoms with Gasteiger partial charge in [0.1, 0.15) is 23.4 Å². The van der Waals surface area contributed by atoms with E-state index in [1.165, 1.54) is 29.3 Å². The quantitative estimate of drug-likeness (QED) is 0.226. The number of pyridine rings is 2. The Morgan fingerprint density at radius 2 is 1.96 bits per heavy atom. The molecule has 1 aliphatic rings. The molecule has 3 aromatic heterocycles. The van der Waals surface area contributed by atoms with Crippen molar-refractivity contribution in [2.45, 2.75) is 31.0 Å². The Labute approximate surface area is 262 Å². The number of anilines is 1. The summed E-state index contributed by atoms with van der Waals surface area (Å²) in [4.78, 5) is 45.9. The van der Waals surface area contributed by atoms with Gasteiger partial charge in [-0.2, -0.15) is 4.98 Å². The van der Waals surface area contributed by atoms with Crippen molar-refractivity contribution in [2.24, 2.45) is 0 Å². The van der Waals surface area contributed by atoms with E-state index in [2.05, 4.69) is 26.4 Å². The molecule has 45 heavy (non-hydrogen) atoms. The number of hydrogen-bond donors (Lipinski definition) is 0. The monoisotopic (exact) mass is 653 g/mol. The zero-order valence-corrected chi connectivity index (χ0v) is 25.9. The number of carbonyl (C=O) groups excluding carboxylic acids is 1. The van der Waals surface area contributed by atoms with Crippen LogP contribution in [0.4, 0.5) is 14.6 Å². The second-order valence-corrected chi connectivity index (χ2v) is 12.9. The Morgan fingerprint density at radius 1 is 1.22 bits per heavy atom. The maximum atomic E-state index is 16.0. The maximum absolute atomic E-state index is 16.0. The third-order valence-electron chi connectivity index (χ3n) is 7.49. The Balaban J connectivity index is 1.90. The lowest BCUT2D eigenvalue weighted by molar-refractivity contribution is -0.127. The topological polar surface area (TPSA) is 123 Å². The lowest BCUT2D eigenvalue weighted by Gasteiger charge is -2.44. The molecule has 5 rings (SSSR count). The molecule has 4 heterocycles. The van der Waals surface area contributed by atoms with Crippen LogP contribution in [-0.4, -0.2) is 76.7 Å². The SMILES string of the molecule is [C-]#[N+]C[C@H]1CN(C(=O)C=C)C[C@H](C)N1c1nc(=O)n(-c2c(C)ccnc2S(C)(=O)=O)c2nc(-c3c(F)cccc3Cl)c(F)cc12. The number of rotatable bonds is 6. The van der Waals surface area contributed by atoms with E-state index < -0.39 is 50.0 Å². The Bertz CT molecular complexity index is 2080. The fourth-order valence-corrected chi connectivity index (χ4v) is 6.71. The first-order valence-electron chi connectivity index (χ1n) is 13.5. The number of aryl methyl sites for hydroxylation is 1. The lowest BCUT2D eigenvalue weighted by atomic mass is 10.0. The van der Waals surface area contributed by atoms with Gasteiger partial charge in [-0.25, -0.2) is 43.1 Å². The van der Waals surface area contributed by atoms with E-state index >= 15 is 8.78 Å². The Hall–Kier alpha value is -4.74. The first-order chi connectivity index (χ1) is 21.3. The third kappa shape index (κ3) is 5.65. The molecule has 0 aliphatic carbocycles. The van der Waals surface area contributed by atoms with E-state index in [1.807, 2.05) is 0 Å². The summed E-state index contributed by atoms with van der Waals surface area (Å²) in [6, 6.07) is 5.08. The average Bonchev–Trinajstić information content (AvgIpc) is 2.97. The molecular weight excluding hydrogens is 628 g/mol. The first-order valence-corrected chi connectivity index (χ1v) is 15.8. The smallest absolute Gasteiger partial charge is 0.339 e. The van der Waals surface area contributed by atoms with Crippen LogP contribution in [0.5, 0.6) is 0 Å². The molecule has 1 fully saturated rings. The molecule has 1 aromatic carbocycles. The number of hydrogen-bond acceptors (Lipinski definition) is 8. The first kappa shape index (κ1) is 31.7. The van der Waals surface area contributed by atoms with Crippen LogP contribution in [0.15, 0.2) is 59.0 Å². The molecule has 4 aromatic rings. The molecule has 0 saturated carbocycles. The number of piperazine rings is 1. The molecule has 1 aliphatic heterocycles. The third-order valence-corrected chi connectivity index (χ3v) is 8.80. The fourth-order valence-electron chi connectivity index (χ4n) is 5.60. The summed E-state index contributed by atoms with van der Waals surface area (Å²) in [5.74, 6) is -2.26. The normalized spacial score (nSPS) is 16.9. The summed E-state index contributed by atoms with van der Waals surface area (Å²) < 4.78 is 57.6. The van der Waals surface area contributed by atoms with Gasteiger partial charge in [-0.05, 0) is 49.8 Å². The Morgan fingerprint density at radius 3 is 2.60 bits per heavy atom. The van der Waals surface area contributed by atoms with Crippen molar-refractivity contribution >= 4 is 44.2 Å². The molecule has 2 atom stereocenters. The average molecular weight is 654 g/mol. The maximum Gasteiger partial charge on any atom is 0.355 e. The number of nitrogens with zero attached hydrogens (tertiary/aromatic N) is 7. The molecule has 0 spiro atoms. The van der Waals surface area contributed by atoms with Gasteiger partial charge in [-0.3, -0.25) is 4.79 Å². The second kappa shape index (κ2) is 12.0. The zero-order valence-electron chi connectivity index (χ0n) is 24.3. The molecule has 1 amide bonds. The molecule has 1 saturated heterocycles. The van der Waals surface area contributed by atoms with Crippen molar-refractivity contribution in [3.05, 3.63) is 93.3 Å². The predicted octanol–water partition coefficient (Wildman–Crippen LogP) is 4.00. The van der Waals surface area contributed by atoms with Gasteiger partial charge in [0.15, 0.2) is 26.3 Å². The van der Waals surface area contributed by atoms with Crippen LogP contribution in [0.3, 0.4) is 0 Å². The van der Waals surface area contributed by atoms with Gasteiger partial charge in [0.25, 0.3) is 0 Å². The number of benzene rings is 1. The van der Waals surface area contributed by atoms with Gasteiger partial charge < -0.3 is 14.6 Å². The number of fused-ring (bicyclic) bond motifs is 1. The highest BCUT2D eigenvalue weighted by Gasteiger charge is 2.38. The van der Waals surface area contributed by atoms with Crippen LogP contribution >= 0.6 is 11.6 Å². The van der Waals surface area contributed by atoms with E-state index in [0.717, 1.165) is 29.0 Å². The summed E-state index contributed by atoms with van der Waals surface area (Å²) in [6.45, 7) is 14.5. The summed E-state index contributed by atoms with van der Waals surface area (Å²) in [6.07, 6.45) is 3.35. The number of carbonyl (C=O) groups is 1. The van der Waals surface area contributed by atoms with Crippen molar-refractivity contribution in [1.29, 1.82) is 0 Å². The molecule has 0 bridgehead atoms.